The molecule has 0 radical (unpaired) electrons. The Labute approximate surface area is 177 Å². The van der Waals surface area contributed by atoms with Gasteiger partial charge in [-0.15, -0.1) is 0 Å². The van der Waals surface area contributed by atoms with Crippen LogP contribution in [0.5, 0.6) is 0 Å². The smallest absolute Gasteiger partial charge is 0.284 e. The number of nitrogens with zero attached hydrogens (tertiary/aromatic N) is 2. The highest BCUT2D eigenvalue weighted by Crippen LogP contribution is 2.20. The van der Waals surface area contributed by atoms with E-state index < -0.39 is 23.4 Å². The molecule has 0 bridgehead atoms. The van der Waals surface area contributed by atoms with Gasteiger partial charge in [-0.2, -0.15) is 9.78 Å². The Kier molecular flexibility index (Phi) is 6.64. The first-order valence-corrected chi connectivity index (χ1v) is 9.76. The molecule has 0 fully saturated rings. The molecule has 156 valence electrons. The van der Waals surface area contributed by atoms with E-state index in [4.69, 9.17) is 11.6 Å². The summed E-state index contributed by atoms with van der Waals surface area (Å²) in [6, 6.07) is 13.5. The maximum Gasteiger partial charge on any atom is 0.284 e. The number of carbonyl (C=O) groups excluding carboxylic acids is 1. The van der Waals surface area contributed by atoms with Crippen molar-refractivity contribution >= 4 is 17.5 Å². The normalized spacial score (nSPS) is 12.1. The first kappa shape index (κ1) is 21.7. The van der Waals surface area contributed by atoms with Crippen LogP contribution in [-0.2, 0) is 0 Å². The van der Waals surface area contributed by atoms with Gasteiger partial charge in [0.05, 0.1) is 17.5 Å². The number of rotatable bonds is 6. The van der Waals surface area contributed by atoms with Crippen LogP contribution in [0.1, 0.15) is 24.2 Å². The Morgan fingerprint density at radius 2 is 1.90 bits per heavy atom. The number of hydrogen-bond donors (Lipinski definition) is 2. The van der Waals surface area contributed by atoms with Crippen LogP contribution in [0.3, 0.4) is 0 Å². The minimum atomic E-state index is -0.753. The van der Waals surface area contributed by atoms with E-state index in [0.717, 1.165) is 10.7 Å². The van der Waals surface area contributed by atoms with E-state index in [1.807, 2.05) is 13.8 Å². The predicted octanol–water partition coefficient (Wildman–Crippen LogP) is 3.44. The molecule has 1 amide bonds. The summed E-state index contributed by atoms with van der Waals surface area (Å²) in [6.07, 6.45) is -0.753. The van der Waals surface area contributed by atoms with Crippen molar-refractivity contribution in [2.45, 2.75) is 20.0 Å². The van der Waals surface area contributed by atoms with Crippen molar-refractivity contribution in [2.24, 2.45) is 5.92 Å². The van der Waals surface area contributed by atoms with Crippen LogP contribution in [0.2, 0.25) is 5.02 Å². The zero-order chi connectivity index (χ0) is 21.8. The molecular formula is C22H21ClFN3O3. The Hall–Kier alpha value is -3.03. The van der Waals surface area contributed by atoms with Gasteiger partial charge in [0, 0.05) is 17.1 Å². The highest BCUT2D eigenvalue weighted by molar-refractivity contribution is 6.30. The molecule has 8 heteroatoms. The summed E-state index contributed by atoms with van der Waals surface area (Å²) in [5.41, 5.74) is 0.281. The molecule has 2 aromatic carbocycles. The Balaban J connectivity index is 2.10. The maximum absolute atomic E-state index is 13.7. The molecule has 3 rings (SSSR count). The number of hydrogen-bond acceptors (Lipinski definition) is 4. The standard InChI is InChI=1S/C22H21ClFN3O3/c1-13(2)20(28)12-25-21(29)18-11-19(14-6-8-15(23)9-7-14)26-27(22(18)30)17-5-3-4-16(24)10-17/h3-11,13,20,28H,12H2,1-2H3,(H,25,29)/t20-/m0/s1. The van der Waals surface area contributed by atoms with Crippen molar-refractivity contribution in [3.8, 4) is 16.9 Å². The van der Waals surface area contributed by atoms with Gasteiger partial charge in [-0.05, 0) is 42.3 Å². The minimum Gasteiger partial charge on any atom is -0.391 e. The third-order valence-corrected chi connectivity index (χ3v) is 4.84. The molecule has 0 saturated heterocycles. The van der Waals surface area contributed by atoms with Gasteiger partial charge in [-0.25, -0.2) is 4.39 Å². The maximum atomic E-state index is 13.7. The molecular weight excluding hydrogens is 409 g/mol. The van der Waals surface area contributed by atoms with Crippen LogP contribution >= 0.6 is 11.6 Å². The highest BCUT2D eigenvalue weighted by Gasteiger charge is 2.19. The van der Waals surface area contributed by atoms with Crippen LogP contribution in [0.15, 0.2) is 59.4 Å². The summed E-state index contributed by atoms with van der Waals surface area (Å²) in [5, 5.41) is 17.4. The van der Waals surface area contributed by atoms with E-state index in [1.165, 1.54) is 24.3 Å². The average molecular weight is 430 g/mol. The summed E-state index contributed by atoms with van der Waals surface area (Å²) in [5.74, 6) is -1.25. The first-order valence-electron chi connectivity index (χ1n) is 9.39. The topological polar surface area (TPSA) is 84.2 Å². The SMILES string of the molecule is CC(C)[C@@H](O)CNC(=O)c1cc(-c2ccc(Cl)cc2)nn(-c2cccc(F)c2)c1=O. The van der Waals surface area contributed by atoms with Gasteiger partial charge in [-0.3, -0.25) is 9.59 Å². The molecule has 1 aromatic heterocycles. The zero-order valence-corrected chi connectivity index (χ0v) is 17.2. The fourth-order valence-corrected chi connectivity index (χ4v) is 2.86. The van der Waals surface area contributed by atoms with Crippen molar-refractivity contribution in [2.75, 3.05) is 6.54 Å². The lowest BCUT2D eigenvalue weighted by atomic mass is 10.1. The van der Waals surface area contributed by atoms with Crippen molar-refractivity contribution < 1.29 is 14.3 Å². The summed E-state index contributed by atoms with van der Waals surface area (Å²) >= 11 is 5.94. The first-order chi connectivity index (χ1) is 14.3. The van der Waals surface area contributed by atoms with Crippen molar-refractivity contribution in [1.29, 1.82) is 0 Å². The molecule has 6 nitrogen and oxygen atoms in total. The summed E-state index contributed by atoms with van der Waals surface area (Å²) in [7, 11) is 0. The molecule has 1 heterocycles. The van der Waals surface area contributed by atoms with Crippen molar-refractivity contribution in [3.63, 3.8) is 0 Å². The van der Waals surface area contributed by atoms with Crippen LogP contribution in [0, 0.1) is 11.7 Å². The third kappa shape index (κ3) is 4.93. The lowest BCUT2D eigenvalue weighted by molar-refractivity contribution is 0.0869. The molecule has 0 saturated carbocycles. The molecule has 0 unspecified atom stereocenters. The number of aliphatic hydroxyl groups is 1. The quantitative estimate of drug-likeness (QED) is 0.628. The van der Waals surface area contributed by atoms with Gasteiger partial charge in [0.1, 0.15) is 11.4 Å². The third-order valence-electron chi connectivity index (χ3n) is 4.59. The van der Waals surface area contributed by atoms with E-state index in [2.05, 4.69) is 10.4 Å². The number of halogens is 2. The van der Waals surface area contributed by atoms with Gasteiger partial charge in [0.15, 0.2) is 0 Å². The summed E-state index contributed by atoms with van der Waals surface area (Å²) < 4.78 is 14.7. The summed E-state index contributed by atoms with van der Waals surface area (Å²) in [6.45, 7) is 3.63. The van der Waals surface area contributed by atoms with Crippen molar-refractivity contribution in [3.05, 3.63) is 81.4 Å². The Morgan fingerprint density at radius 3 is 2.53 bits per heavy atom. The van der Waals surface area contributed by atoms with Gasteiger partial charge >= 0.3 is 0 Å². The zero-order valence-electron chi connectivity index (χ0n) is 16.5. The second-order valence-corrected chi connectivity index (χ2v) is 7.60. The van der Waals surface area contributed by atoms with Crippen LogP contribution in [0.25, 0.3) is 16.9 Å². The predicted molar refractivity (Wildman–Crippen MR) is 113 cm³/mol. The fourth-order valence-electron chi connectivity index (χ4n) is 2.73. The lowest BCUT2D eigenvalue weighted by Gasteiger charge is -2.15. The fraction of sp³-hybridized carbons (Fsp3) is 0.227. The molecule has 0 spiro atoms. The van der Waals surface area contributed by atoms with Gasteiger partial charge in [0.2, 0.25) is 0 Å². The number of aromatic nitrogens is 2. The second kappa shape index (κ2) is 9.19. The lowest BCUT2D eigenvalue weighted by Crippen LogP contribution is -2.38. The number of aliphatic hydroxyl groups excluding tert-OH is 1. The second-order valence-electron chi connectivity index (χ2n) is 7.17. The van der Waals surface area contributed by atoms with E-state index >= 15 is 0 Å². The monoisotopic (exact) mass is 429 g/mol. The van der Waals surface area contributed by atoms with E-state index in [0.29, 0.717) is 16.3 Å². The molecule has 3 aromatic rings. The Morgan fingerprint density at radius 1 is 1.20 bits per heavy atom. The average Bonchev–Trinajstić information content (AvgIpc) is 2.72. The van der Waals surface area contributed by atoms with E-state index in [-0.39, 0.29) is 23.7 Å². The van der Waals surface area contributed by atoms with Crippen LogP contribution in [0.4, 0.5) is 4.39 Å². The van der Waals surface area contributed by atoms with Crippen LogP contribution in [-0.4, -0.2) is 33.4 Å². The van der Waals surface area contributed by atoms with E-state index in [9.17, 15) is 19.1 Å². The number of benzene rings is 2. The van der Waals surface area contributed by atoms with Gasteiger partial charge < -0.3 is 10.4 Å². The minimum absolute atomic E-state index is 0.00545. The number of amides is 1. The van der Waals surface area contributed by atoms with Gasteiger partial charge in [0.25, 0.3) is 11.5 Å². The molecule has 0 aliphatic rings. The molecule has 2 N–H and O–H groups in total. The molecule has 0 aliphatic carbocycles. The Bertz CT molecular complexity index is 1110. The summed E-state index contributed by atoms with van der Waals surface area (Å²) in [4.78, 5) is 25.7. The van der Waals surface area contributed by atoms with E-state index in [1.54, 1.807) is 24.3 Å². The largest absolute Gasteiger partial charge is 0.391 e. The van der Waals surface area contributed by atoms with Crippen molar-refractivity contribution in [1.82, 2.24) is 15.1 Å². The number of carbonyl (C=O) groups is 1. The van der Waals surface area contributed by atoms with Crippen LogP contribution < -0.4 is 10.9 Å². The van der Waals surface area contributed by atoms with Gasteiger partial charge in [-0.1, -0.05) is 43.6 Å². The molecule has 0 aliphatic heterocycles. The molecule has 1 atom stereocenters. The number of nitrogens with one attached hydrogen (secondary N) is 1. The highest BCUT2D eigenvalue weighted by atomic mass is 35.5. The molecule has 30 heavy (non-hydrogen) atoms.